The molecule has 1 fully saturated rings. The van der Waals surface area contributed by atoms with Gasteiger partial charge >= 0.3 is 0 Å². The van der Waals surface area contributed by atoms with Gasteiger partial charge in [0.2, 0.25) is 0 Å². The van der Waals surface area contributed by atoms with Gasteiger partial charge in [-0.3, -0.25) is 4.79 Å². The summed E-state index contributed by atoms with van der Waals surface area (Å²) in [6, 6.07) is 3.79. The summed E-state index contributed by atoms with van der Waals surface area (Å²) >= 11 is 0. The Morgan fingerprint density at radius 3 is 2.71 bits per heavy atom. The Morgan fingerprint density at radius 1 is 1.48 bits per heavy atom. The molecule has 1 aromatic rings. The first kappa shape index (κ1) is 16.1. The Bertz CT molecular complexity index is 646. The molecule has 1 heterocycles. The first-order valence-corrected chi connectivity index (χ1v) is 8.69. The Labute approximate surface area is 127 Å². The van der Waals surface area contributed by atoms with Crippen LogP contribution in [0.2, 0.25) is 0 Å². The van der Waals surface area contributed by atoms with Crippen molar-refractivity contribution in [1.29, 1.82) is 0 Å². The highest BCUT2D eigenvalue weighted by Gasteiger charge is 2.27. The Hall–Kier alpha value is -1.31. The fourth-order valence-corrected chi connectivity index (χ4v) is 2.96. The van der Waals surface area contributed by atoms with Crippen LogP contribution in [0, 0.1) is 0 Å². The van der Waals surface area contributed by atoms with E-state index in [2.05, 4.69) is 5.32 Å². The molecule has 1 saturated heterocycles. The van der Waals surface area contributed by atoms with Gasteiger partial charge in [0.15, 0.2) is 0 Å². The molecule has 0 aromatic heterocycles. The summed E-state index contributed by atoms with van der Waals surface area (Å²) in [6.45, 7) is 2.45. The van der Waals surface area contributed by atoms with E-state index in [9.17, 15) is 13.2 Å². The van der Waals surface area contributed by atoms with Crippen molar-refractivity contribution in [3.63, 3.8) is 0 Å². The Morgan fingerprint density at radius 2 is 2.19 bits per heavy atom. The van der Waals surface area contributed by atoms with Crippen LogP contribution >= 0.6 is 10.7 Å². The minimum absolute atomic E-state index is 0.0834. The van der Waals surface area contributed by atoms with Gasteiger partial charge in [0.05, 0.1) is 29.7 Å². The molecule has 6 nitrogen and oxygen atoms in total. The summed E-state index contributed by atoms with van der Waals surface area (Å²) in [4.78, 5) is 12.2. The third kappa shape index (κ3) is 3.66. The molecule has 0 radical (unpaired) electrons. The molecule has 1 aliphatic rings. The van der Waals surface area contributed by atoms with Crippen molar-refractivity contribution in [3.8, 4) is 5.75 Å². The second-order valence-corrected chi connectivity index (χ2v) is 7.31. The van der Waals surface area contributed by atoms with Crippen molar-refractivity contribution in [3.05, 3.63) is 23.8 Å². The number of halogens is 1. The molecule has 0 saturated carbocycles. The molecule has 1 N–H and O–H groups in total. The van der Waals surface area contributed by atoms with Crippen LogP contribution in [0.1, 0.15) is 23.7 Å². The molecule has 0 aliphatic carbocycles. The molecule has 21 heavy (non-hydrogen) atoms. The van der Waals surface area contributed by atoms with Gasteiger partial charge in [-0.1, -0.05) is 0 Å². The average molecular weight is 334 g/mol. The summed E-state index contributed by atoms with van der Waals surface area (Å²) in [6.07, 6.45) is 0.628. The zero-order valence-electron chi connectivity index (χ0n) is 11.6. The molecule has 2 atom stereocenters. The number of hydrogen-bond acceptors (Lipinski definition) is 5. The Kier molecular flexibility index (Phi) is 4.75. The van der Waals surface area contributed by atoms with Crippen molar-refractivity contribution >= 4 is 25.6 Å². The number of nitrogens with one attached hydrogen (secondary N) is 1. The highest BCUT2D eigenvalue weighted by molar-refractivity contribution is 8.13. The van der Waals surface area contributed by atoms with Crippen molar-refractivity contribution in [2.75, 3.05) is 13.7 Å². The highest BCUT2D eigenvalue weighted by atomic mass is 35.7. The van der Waals surface area contributed by atoms with E-state index in [0.29, 0.717) is 13.0 Å². The van der Waals surface area contributed by atoms with E-state index in [1.165, 1.54) is 25.3 Å². The van der Waals surface area contributed by atoms with Gasteiger partial charge in [0.25, 0.3) is 15.0 Å². The lowest BCUT2D eigenvalue weighted by molar-refractivity contribution is 0.0863. The van der Waals surface area contributed by atoms with Crippen molar-refractivity contribution in [1.82, 2.24) is 5.32 Å². The second kappa shape index (κ2) is 6.21. The SMILES string of the molecule is COc1ccc(S(=O)(=O)Cl)cc1C(=O)NC1CCOC1C. The van der Waals surface area contributed by atoms with E-state index in [1.54, 1.807) is 0 Å². The van der Waals surface area contributed by atoms with Gasteiger partial charge < -0.3 is 14.8 Å². The van der Waals surface area contributed by atoms with E-state index in [-0.39, 0.29) is 28.4 Å². The topological polar surface area (TPSA) is 81.7 Å². The predicted octanol–water partition coefficient (Wildman–Crippen LogP) is 1.53. The van der Waals surface area contributed by atoms with Crippen LogP contribution in [0.15, 0.2) is 23.1 Å². The van der Waals surface area contributed by atoms with Crippen LogP contribution in [0.25, 0.3) is 0 Å². The maximum atomic E-state index is 12.3. The van der Waals surface area contributed by atoms with Crippen LogP contribution < -0.4 is 10.1 Å². The van der Waals surface area contributed by atoms with Gasteiger partial charge in [0.1, 0.15) is 5.75 Å². The van der Waals surface area contributed by atoms with Gasteiger partial charge in [-0.25, -0.2) is 8.42 Å². The van der Waals surface area contributed by atoms with E-state index in [0.717, 1.165) is 0 Å². The maximum absolute atomic E-state index is 12.3. The molecule has 8 heteroatoms. The minimum atomic E-state index is -3.91. The molecule has 1 aromatic carbocycles. The summed E-state index contributed by atoms with van der Waals surface area (Å²) in [7, 11) is 2.80. The summed E-state index contributed by atoms with van der Waals surface area (Å²) < 4.78 is 33.2. The quantitative estimate of drug-likeness (QED) is 0.845. The number of rotatable bonds is 4. The monoisotopic (exact) mass is 333 g/mol. The maximum Gasteiger partial charge on any atom is 0.261 e. The van der Waals surface area contributed by atoms with Crippen molar-refractivity contribution in [2.45, 2.75) is 30.4 Å². The van der Waals surface area contributed by atoms with Gasteiger partial charge in [0, 0.05) is 17.3 Å². The standard InChI is InChI=1S/C13H16ClNO5S/c1-8-11(5-6-20-8)15-13(16)10-7-9(21(14,17)18)3-4-12(10)19-2/h3-4,7-8,11H,5-6H2,1-2H3,(H,15,16). The first-order valence-electron chi connectivity index (χ1n) is 6.38. The lowest BCUT2D eigenvalue weighted by Crippen LogP contribution is -2.39. The van der Waals surface area contributed by atoms with Gasteiger partial charge in [-0.15, -0.1) is 0 Å². The third-order valence-corrected chi connectivity index (χ3v) is 4.74. The molecule has 116 valence electrons. The molecule has 1 aliphatic heterocycles. The molecule has 1 amide bonds. The molecular formula is C13H16ClNO5S. The smallest absolute Gasteiger partial charge is 0.261 e. The molecule has 2 unspecified atom stereocenters. The first-order chi connectivity index (χ1) is 9.82. The largest absolute Gasteiger partial charge is 0.496 e. The van der Waals surface area contributed by atoms with Crippen LogP contribution in [0.5, 0.6) is 5.75 Å². The number of carbonyl (C=O) groups is 1. The summed E-state index contributed by atoms with van der Waals surface area (Å²) in [5.41, 5.74) is 0.123. The third-order valence-electron chi connectivity index (χ3n) is 3.39. The van der Waals surface area contributed by atoms with E-state index < -0.39 is 15.0 Å². The fourth-order valence-electron chi connectivity index (χ4n) is 2.18. The van der Waals surface area contributed by atoms with Crippen LogP contribution in [-0.4, -0.2) is 40.2 Å². The van der Waals surface area contributed by atoms with E-state index in [1.807, 2.05) is 6.92 Å². The molecular weight excluding hydrogens is 318 g/mol. The van der Waals surface area contributed by atoms with E-state index >= 15 is 0 Å². The summed E-state index contributed by atoms with van der Waals surface area (Å²) in [5, 5.41) is 2.82. The number of benzene rings is 1. The lowest BCUT2D eigenvalue weighted by Gasteiger charge is -2.17. The number of methoxy groups -OCH3 is 1. The van der Waals surface area contributed by atoms with Crippen LogP contribution in [0.4, 0.5) is 0 Å². The molecule has 2 rings (SSSR count). The second-order valence-electron chi connectivity index (χ2n) is 4.74. The zero-order chi connectivity index (χ0) is 15.6. The van der Waals surface area contributed by atoms with E-state index in [4.69, 9.17) is 20.2 Å². The zero-order valence-corrected chi connectivity index (χ0v) is 13.2. The Balaban J connectivity index is 2.30. The van der Waals surface area contributed by atoms with Gasteiger partial charge in [-0.05, 0) is 31.5 Å². The van der Waals surface area contributed by atoms with Crippen molar-refractivity contribution in [2.24, 2.45) is 0 Å². The fraction of sp³-hybridized carbons (Fsp3) is 0.462. The van der Waals surface area contributed by atoms with Crippen LogP contribution in [0.3, 0.4) is 0 Å². The van der Waals surface area contributed by atoms with Crippen LogP contribution in [-0.2, 0) is 13.8 Å². The minimum Gasteiger partial charge on any atom is -0.496 e. The number of carbonyl (C=O) groups excluding carboxylic acids is 1. The lowest BCUT2D eigenvalue weighted by atomic mass is 10.1. The number of ether oxygens (including phenoxy) is 2. The number of hydrogen-bond donors (Lipinski definition) is 1. The molecule has 0 spiro atoms. The number of amides is 1. The predicted molar refractivity (Wildman–Crippen MR) is 77.3 cm³/mol. The molecule has 0 bridgehead atoms. The highest BCUT2D eigenvalue weighted by Crippen LogP contribution is 2.25. The van der Waals surface area contributed by atoms with Gasteiger partial charge in [-0.2, -0.15) is 0 Å². The average Bonchev–Trinajstić information content (AvgIpc) is 2.82. The van der Waals surface area contributed by atoms with Crippen molar-refractivity contribution < 1.29 is 22.7 Å². The normalized spacial score (nSPS) is 22.0. The summed E-state index contributed by atoms with van der Waals surface area (Å²) in [5.74, 6) is -0.139.